The minimum atomic E-state index is -0.185. The van der Waals surface area contributed by atoms with Gasteiger partial charge in [0.2, 0.25) is 0 Å². The number of hydrogen-bond acceptors (Lipinski definition) is 3. The molecule has 7 nitrogen and oxygen atoms in total. The first kappa shape index (κ1) is 26.5. The lowest BCUT2D eigenvalue weighted by Gasteiger charge is -2.20. The monoisotopic (exact) mass is 530 g/mol. The molecule has 0 aliphatic carbocycles. The lowest BCUT2D eigenvalue weighted by atomic mass is 10.2. The van der Waals surface area contributed by atoms with E-state index in [1.54, 1.807) is 7.05 Å². The molecule has 0 aromatic heterocycles. The highest BCUT2D eigenvalue weighted by Gasteiger charge is 2.08. The Labute approximate surface area is 198 Å². The molecule has 1 aliphatic rings. The van der Waals surface area contributed by atoms with Crippen molar-refractivity contribution in [3.8, 4) is 0 Å². The van der Waals surface area contributed by atoms with E-state index in [1.165, 1.54) is 38.8 Å². The van der Waals surface area contributed by atoms with Crippen molar-refractivity contribution in [2.75, 3.05) is 38.5 Å². The summed E-state index contributed by atoms with van der Waals surface area (Å²) in [7, 11) is 1.80. The van der Waals surface area contributed by atoms with Crippen molar-refractivity contribution < 1.29 is 4.79 Å². The number of amides is 2. The Hall–Kier alpha value is -1.55. The summed E-state index contributed by atoms with van der Waals surface area (Å²) in [6, 6.07) is 7.76. The molecular formula is C22H39IN6O. The van der Waals surface area contributed by atoms with E-state index in [-0.39, 0.29) is 36.0 Å². The fraction of sp³-hybridized carbons (Fsp3) is 0.636. The first-order valence-corrected chi connectivity index (χ1v) is 10.9. The quantitative estimate of drug-likeness (QED) is 0.179. The second kappa shape index (κ2) is 15.3. The molecule has 1 aromatic carbocycles. The fourth-order valence-electron chi connectivity index (χ4n) is 3.41. The number of aliphatic imine (C=N–C) groups is 1. The van der Waals surface area contributed by atoms with Crippen LogP contribution >= 0.6 is 24.0 Å². The van der Waals surface area contributed by atoms with Crippen molar-refractivity contribution in [1.29, 1.82) is 0 Å². The second-order valence-electron chi connectivity index (χ2n) is 7.91. The van der Waals surface area contributed by atoms with E-state index in [0.29, 0.717) is 6.54 Å². The maximum Gasteiger partial charge on any atom is 0.319 e. The van der Waals surface area contributed by atoms with Gasteiger partial charge in [-0.15, -0.1) is 24.0 Å². The van der Waals surface area contributed by atoms with Crippen molar-refractivity contribution in [1.82, 2.24) is 20.9 Å². The van der Waals surface area contributed by atoms with E-state index in [4.69, 9.17) is 0 Å². The van der Waals surface area contributed by atoms with E-state index in [0.717, 1.165) is 36.7 Å². The molecule has 0 unspecified atom stereocenters. The molecule has 0 radical (unpaired) electrons. The van der Waals surface area contributed by atoms with Crippen molar-refractivity contribution in [3.05, 3.63) is 29.8 Å². The molecule has 0 bridgehead atoms. The fourth-order valence-corrected chi connectivity index (χ4v) is 3.41. The molecule has 1 heterocycles. The zero-order valence-corrected chi connectivity index (χ0v) is 21.0. The van der Waals surface area contributed by atoms with E-state index in [1.807, 2.05) is 38.1 Å². The molecular weight excluding hydrogens is 491 g/mol. The molecule has 1 fully saturated rings. The molecule has 2 amide bonds. The average Bonchev–Trinajstić information content (AvgIpc) is 2.97. The Morgan fingerprint density at radius 2 is 1.73 bits per heavy atom. The Balaban J connectivity index is 0.00000450. The molecule has 0 saturated carbocycles. The maximum absolute atomic E-state index is 11.7. The lowest BCUT2D eigenvalue weighted by Crippen LogP contribution is -2.38. The van der Waals surface area contributed by atoms with Gasteiger partial charge < -0.3 is 26.2 Å². The highest BCUT2D eigenvalue weighted by molar-refractivity contribution is 14.0. The summed E-state index contributed by atoms with van der Waals surface area (Å²) in [4.78, 5) is 18.6. The molecule has 8 heteroatoms. The SMILES string of the molecule is CN=C(NCCCN1CCCCCC1)NCc1ccc(NC(=O)NC(C)C)cc1.I. The Morgan fingerprint density at radius 1 is 1.07 bits per heavy atom. The van der Waals surface area contributed by atoms with Crippen LogP contribution in [0.2, 0.25) is 0 Å². The average molecular weight is 530 g/mol. The van der Waals surface area contributed by atoms with E-state index >= 15 is 0 Å². The normalized spacial score (nSPS) is 15.1. The Kier molecular flexibility index (Phi) is 13.5. The zero-order chi connectivity index (χ0) is 20.9. The number of benzene rings is 1. The van der Waals surface area contributed by atoms with Crippen LogP contribution in [0.3, 0.4) is 0 Å². The van der Waals surface area contributed by atoms with Gasteiger partial charge in [-0.2, -0.15) is 0 Å². The molecule has 1 aromatic rings. The first-order valence-electron chi connectivity index (χ1n) is 10.9. The number of nitrogens with one attached hydrogen (secondary N) is 4. The molecule has 4 N–H and O–H groups in total. The Bertz CT molecular complexity index is 627. The summed E-state index contributed by atoms with van der Waals surface area (Å²) in [5, 5.41) is 12.4. The van der Waals surface area contributed by atoms with Crippen LogP contribution in [0, 0.1) is 0 Å². The van der Waals surface area contributed by atoms with E-state index in [2.05, 4.69) is 31.2 Å². The van der Waals surface area contributed by atoms with Gasteiger partial charge >= 0.3 is 6.03 Å². The number of rotatable bonds is 8. The molecule has 0 atom stereocenters. The van der Waals surface area contributed by atoms with Crippen LogP contribution in [0.4, 0.5) is 10.5 Å². The van der Waals surface area contributed by atoms with Gasteiger partial charge in [0.1, 0.15) is 0 Å². The van der Waals surface area contributed by atoms with Crippen molar-refractivity contribution in [2.45, 2.75) is 58.5 Å². The number of anilines is 1. The van der Waals surface area contributed by atoms with Gasteiger partial charge in [-0.3, -0.25) is 4.99 Å². The second-order valence-corrected chi connectivity index (χ2v) is 7.91. The number of likely N-dealkylation sites (tertiary alicyclic amines) is 1. The largest absolute Gasteiger partial charge is 0.356 e. The summed E-state index contributed by atoms with van der Waals surface area (Å²) in [6.07, 6.45) is 6.57. The summed E-state index contributed by atoms with van der Waals surface area (Å²) in [5.41, 5.74) is 1.91. The van der Waals surface area contributed by atoms with Gasteiger partial charge in [-0.1, -0.05) is 25.0 Å². The van der Waals surface area contributed by atoms with Crippen molar-refractivity contribution in [2.24, 2.45) is 4.99 Å². The minimum absolute atomic E-state index is 0. The van der Waals surface area contributed by atoms with Gasteiger partial charge in [0.25, 0.3) is 0 Å². The number of carbonyl (C=O) groups excluding carboxylic acids is 1. The van der Waals surface area contributed by atoms with Crippen LogP contribution in [-0.4, -0.2) is 56.2 Å². The summed E-state index contributed by atoms with van der Waals surface area (Å²) in [6.45, 7) is 9.12. The van der Waals surface area contributed by atoms with E-state index in [9.17, 15) is 4.79 Å². The molecule has 2 rings (SSSR count). The molecule has 170 valence electrons. The van der Waals surface area contributed by atoms with Crippen LogP contribution in [0.25, 0.3) is 0 Å². The first-order chi connectivity index (χ1) is 14.1. The van der Waals surface area contributed by atoms with Gasteiger partial charge in [-0.25, -0.2) is 4.79 Å². The van der Waals surface area contributed by atoms with Gasteiger partial charge in [-0.05, 0) is 70.4 Å². The van der Waals surface area contributed by atoms with E-state index < -0.39 is 0 Å². The van der Waals surface area contributed by atoms with Crippen LogP contribution in [0.1, 0.15) is 51.5 Å². The summed E-state index contributed by atoms with van der Waals surface area (Å²) in [5.74, 6) is 0.819. The smallest absolute Gasteiger partial charge is 0.319 e. The van der Waals surface area contributed by atoms with Crippen molar-refractivity contribution >= 4 is 41.7 Å². The summed E-state index contributed by atoms with van der Waals surface area (Å²) >= 11 is 0. The van der Waals surface area contributed by atoms with Gasteiger partial charge in [0.05, 0.1) is 0 Å². The van der Waals surface area contributed by atoms with Crippen LogP contribution < -0.4 is 21.3 Å². The van der Waals surface area contributed by atoms with Crippen molar-refractivity contribution in [3.63, 3.8) is 0 Å². The Morgan fingerprint density at radius 3 is 2.33 bits per heavy atom. The number of carbonyl (C=O) groups is 1. The summed E-state index contributed by atoms with van der Waals surface area (Å²) < 4.78 is 0. The third-order valence-electron chi connectivity index (χ3n) is 4.96. The van der Waals surface area contributed by atoms with Crippen LogP contribution in [0.5, 0.6) is 0 Å². The van der Waals surface area contributed by atoms with Crippen LogP contribution in [0.15, 0.2) is 29.3 Å². The molecule has 1 aliphatic heterocycles. The van der Waals surface area contributed by atoms with Gasteiger partial charge in [0.15, 0.2) is 5.96 Å². The molecule has 1 saturated heterocycles. The minimum Gasteiger partial charge on any atom is -0.356 e. The lowest BCUT2D eigenvalue weighted by molar-refractivity contribution is 0.250. The topological polar surface area (TPSA) is 80.8 Å². The number of hydrogen-bond donors (Lipinski definition) is 4. The number of guanidine groups is 1. The van der Waals surface area contributed by atoms with Gasteiger partial charge in [0, 0.05) is 31.9 Å². The van der Waals surface area contributed by atoms with Crippen LogP contribution in [-0.2, 0) is 6.54 Å². The zero-order valence-electron chi connectivity index (χ0n) is 18.7. The number of urea groups is 1. The highest BCUT2D eigenvalue weighted by Crippen LogP contribution is 2.10. The number of nitrogens with zero attached hydrogens (tertiary/aromatic N) is 2. The standard InChI is InChI=1S/C22H38N6O.HI/c1-18(2)26-22(29)27-20-11-9-19(10-12-20)17-25-21(23-3)24-13-8-16-28-14-6-4-5-7-15-28;/h9-12,18H,4-8,13-17H2,1-3H3,(H2,23,24,25)(H2,26,27,29);1H. The molecule has 30 heavy (non-hydrogen) atoms. The predicted octanol–water partition coefficient (Wildman–Crippen LogP) is 3.77. The highest BCUT2D eigenvalue weighted by atomic mass is 127. The third-order valence-corrected chi connectivity index (χ3v) is 4.96. The maximum atomic E-state index is 11.7. The number of halogens is 1. The predicted molar refractivity (Wildman–Crippen MR) is 137 cm³/mol. The molecule has 0 spiro atoms. The third kappa shape index (κ3) is 11.0.